The molecular weight excluding hydrogens is 358 g/mol. The molecule has 0 aromatic heterocycles. The maximum Gasteiger partial charge on any atom is 0.288 e. The van der Waals surface area contributed by atoms with E-state index in [0.717, 1.165) is 6.26 Å². The molecule has 0 aliphatic rings. The Morgan fingerprint density at radius 3 is 2.29 bits per heavy atom. The zero-order valence-electron chi connectivity index (χ0n) is 12.5. The third-order valence-corrected chi connectivity index (χ3v) is 4.12. The number of rotatable bonds is 6. The van der Waals surface area contributed by atoms with Crippen molar-refractivity contribution in [2.75, 3.05) is 16.3 Å². The summed E-state index contributed by atoms with van der Waals surface area (Å²) in [5, 5.41) is 2.59. The van der Waals surface area contributed by atoms with Gasteiger partial charge in [-0.15, -0.1) is 0 Å². The Kier molecular flexibility index (Phi) is 5.79. The normalized spacial score (nSPS) is 11.3. The van der Waals surface area contributed by atoms with Crippen LogP contribution < -0.4 is 10.0 Å². The molecule has 0 heterocycles. The van der Waals surface area contributed by atoms with Crippen molar-refractivity contribution in [3.63, 3.8) is 0 Å². The van der Waals surface area contributed by atoms with Crippen molar-refractivity contribution >= 4 is 39.1 Å². The van der Waals surface area contributed by atoms with Crippen molar-refractivity contribution in [2.45, 2.75) is 10.7 Å². The third kappa shape index (κ3) is 5.50. The Hall–Kier alpha value is -2.13. The first-order valence-corrected chi connectivity index (χ1v) is 9.45. The van der Waals surface area contributed by atoms with E-state index in [1.807, 2.05) is 0 Å². The van der Waals surface area contributed by atoms with Gasteiger partial charge >= 0.3 is 0 Å². The van der Waals surface area contributed by atoms with Gasteiger partial charge in [0.25, 0.3) is 11.7 Å². The van der Waals surface area contributed by atoms with Gasteiger partial charge in [-0.25, -0.2) is 8.42 Å². The van der Waals surface area contributed by atoms with Crippen LogP contribution in [0.5, 0.6) is 0 Å². The Morgan fingerprint density at radius 2 is 1.71 bits per heavy atom. The van der Waals surface area contributed by atoms with Crippen molar-refractivity contribution < 1.29 is 22.0 Å². The molecule has 2 rings (SSSR count). The molecule has 9 heteroatoms. The number of para-hydroxylation sites is 1. The summed E-state index contributed by atoms with van der Waals surface area (Å²) in [5.74, 6) is -3.03. The molecule has 0 unspecified atom stereocenters. The van der Waals surface area contributed by atoms with Crippen molar-refractivity contribution in [2.24, 2.45) is 0 Å². The highest BCUT2D eigenvalue weighted by atomic mass is 32.2. The Balaban J connectivity index is 2.15. The van der Waals surface area contributed by atoms with Crippen molar-refractivity contribution in [3.05, 3.63) is 54.1 Å². The quantitative estimate of drug-likeness (QED) is 0.760. The number of thioether (sulfide) groups is 1. The SMILES string of the molecule is CS(=O)(=O)Nc1ccccc1C(=O)Nc1ccc(SC(F)F)cc1. The van der Waals surface area contributed by atoms with Crippen LogP contribution in [0, 0.1) is 0 Å². The monoisotopic (exact) mass is 372 g/mol. The van der Waals surface area contributed by atoms with Crippen molar-refractivity contribution in [3.8, 4) is 0 Å². The molecule has 2 aromatic rings. The van der Waals surface area contributed by atoms with Crippen molar-refractivity contribution in [1.82, 2.24) is 0 Å². The van der Waals surface area contributed by atoms with E-state index in [-0.39, 0.29) is 11.3 Å². The summed E-state index contributed by atoms with van der Waals surface area (Å²) in [7, 11) is -3.53. The predicted octanol–water partition coefficient (Wildman–Crippen LogP) is 3.63. The predicted molar refractivity (Wildman–Crippen MR) is 91.2 cm³/mol. The van der Waals surface area contributed by atoms with E-state index in [4.69, 9.17) is 0 Å². The first-order valence-electron chi connectivity index (χ1n) is 6.67. The van der Waals surface area contributed by atoms with E-state index in [1.165, 1.54) is 36.4 Å². The number of sulfonamides is 1. The second-order valence-electron chi connectivity index (χ2n) is 4.78. The molecular formula is C15H14F2N2O3S2. The summed E-state index contributed by atoms with van der Waals surface area (Å²) in [6, 6.07) is 12.1. The summed E-state index contributed by atoms with van der Waals surface area (Å²) in [5.41, 5.74) is 0.712. The molecule has 2 aromatic carbocycles. The van der Waals surface area contributed by atoms with Gasteiger partial charge in [0.15, 0.2) is 0 Å². The number of nitrogens with one attached hydrogen (secondary N) is 2. The van der Waals surface area contributed by atoms with Gasteiger partial charge in [-0.05, 0) is 36.4 Å². The van der Waals surface area contributed by atoms with Crippen LogP contribution in [0.4, 0.5) is 20.2 Å². The molecule has 5 nitrogen and oxygen atoms in total. The lowest BCUT2D eigenvalue weighted by Crippen LogP contribution is -2.17. The fourth-order valence-corrected chi connectivity index (χ4v) is 2.96. The van der Waals surface area contributed by atoms with Gasteiger partial charge in [-0.3, -0.25) is 9.52 Å². The number of benzene rings is 2. The largest absolute Gasteiger partial charge is 0.322 e. The number of anilines is 2. The van der Waals surface area contributed by atoms with Crippen LogP contribution in [0.2, 0.25) is 0 Å². The zero-order valence-corrected chi connectivity index (χ0v) is 14.1. The number of alkyl halides is 2. The molecule has 0 aliphatic heterocycles. The number of hydrogen-bond acceptors (Lipinski definition) is 4. The highest BCUT2D eigenvalue weighted by Crippen LogP contribution is 2.26. The lowest BCUT2D eigenvalue weighted by atomic mass is 10.1. The molecule has 0 bridgehead atoms. The molecule has 1 amide bonds. The van der Waals surface area contributed by atoms with E-state index in [2.05, 4.69) is 10.0 Å². The smallest absolute Gasteiger partial charge is 0.288 e. The average molecular weight is 372 g/mol. The average Bonchev–Trinajstić information content (AvgIpc) is 2.47. The number of halogens is 2. The van der Waals surface area contributed by atoms with Crippen LogP contribution >= 0.6 is 11.8 Å². The molecule has 2 N–H and O–H groups in total. The molecule has 0 aliphatic carbocycles. The zero-order chi connectivity index (χ0) is 17.7. The second kappa shape index (κ2) is 7.63. The van der Waals surface area contributed by atoms with Gasteiger partial charge in [0.2, 0.25) is 10.0 Å². The van der Waals surface area contributed by atoms with Crippen LogP contribution in [0.15, 0.2) is 53.4 Å². The number of carbonyl (C=O) groups is 1. The first-order chi connectivity index (χ1) is 11.2. The van der Waals surface area contributed by atoms with Gasteiger partial charge in [-0.2, -0.15) is 8.78 Å². The third-order valence-electron chi connectivity index (χ3n) is 2.80. The summed E-state index contributed by atoms with van der Waals surface area (Å²) >= 11 is 0.408. The first kappa shape index (κ1) is 18.2. The lowest BCUT2D eigenvalue weighted by molar-refractivity contribution is 0.102. The van der Waals surface area contributed by atoms with E-state index in [0.29, 0.717) is 22.3 Å². The molecule has 0 atom stereocenters. The van der Waals surface area contributed by atoms with Gasteiger partial charge < -0.3 is 5.32 Å². The molecule has 0 radical (unpaired) electrons. The minimum absolute atomic E-state index is 0.147. The van der Waals surface area contributed by atoms with Crippen LogP contribution in [-0.4, -0.2) is 26.3 Å². The minimum atomic E-state index is -3.53. The molecule has 0 fully saturated rings. The molecule has 0 saturated carbocycles. The summed E-state index contributed by atoms with van der Waals surface area (Å²) in [4.78, 5) is 12.7. The summed E-state index contributed by atoms with van der Waals surface area (Å²) in [6.07, 6.45) is 0.987. The Bertz CT molecular complexity index is 825. The van der Waals surface area contributed by atoms with E-state index in [1.54, 1.807) is 12.1 Å². The van der Waals surface area contributed by atoms with E-state index < -0.39 is 21.7 Å². The number of carbonyl (C=O) groups excluding carboxylic acids is 1. The number of hydrogen-bond donors (Lipinski definition) is 2. The molecule has 0 saturated heterocycles. The maximum atomic E-state index is 12.3. The Morgan fingerprint density at radius 1 is 1.08 bits per heavy atom. The van der Waals surface area contributed by atoms with Crippen LogP contribution in [-0.2, 0) is 10.0 Å². The fourth-order valence-electron chi connectivity index (χ4n) is 1.89. The number of amides is 1. The highest BCUT2D eigenvalue weighted by Gasteiger charge is 2.14. The van der Waals surface area contributed by atoms with Gasteiger partial charge in [0, 0.05) is 10.6 Å². The standard InChI is InChI=1S/C15H14F2N2O3S2/c1-24(21,22)19-13-5-3-2-4-12(13)14(20)18-10-6-8-11(9-7-10)23-15(16)17/h2-9,15,19H,1H3,(H,18,20). The van der Waals surface area contributed by atoms with Gasteiger partial charge in [0.1, 0.15) is 0 Å². The summed E-state index contributed by atoms with van der Waals surface area (Å²) in [6.45, 7) is 0. The van der Waals surface area contributed by atoms with Gasteiger partial charge in [0.05, 0.1) is 17.5 Å². The van der Waals surface area contributed by atoms with Crippen molar-refractivity contribution in [1.29, 1.82) is 0 Å². The highest BCUT2D eigenvalue weighted by molar-refractivity contribution is 7.99. The second-order valence-corrected chi connectivity index (χ2v) is 7.59. The molecule has 128 valence electrons. The molecule has 24 heavy (non-hydrogen) atoms. The minimum Gasteiger partial charge on any atom is -0.322 e. The Labute approximate surface area is 142 Å². The fraction of sp³-hybridized carbons (Fsp3) is 0.133. The lowest BCUT2D eigenvalue weighted by Gasteiger charge is -2.11. The topological polar surface area (TPSA) is 75.3 Å². The van der Waals surface area contributed by atoms with Gasteiger partial charge in [-0.1, -0.05) is 23.9 Å². The summed E-state index contributed by atoms with van der Waals surface area (Å²) < 4.78 is 49.5. The maximum absolute atomic E-state index is 12.3. The van der Waals surface area contributed by atoms with E-state index >= 15 is 0 Å². The van der Waals surface area contributed by atoms with Crippen LogP contribution in [0.25, 0.3) is 0 Å². The van der Waals surface area contributed by atoms with E-state index in [9.17, 15) is 22.0 Å². The molecule has 0 spiro atoms. The van der Waals surface area contributed by atoms with Crippen LogP contribution in [0.3, 0.4) is 0 Å². The van der Waals surface area contributed by atoms with Crippen LogP contribution in [0.1, 0.15) is 10.4 Å².